The van der Waals surface area contributed by atoms with Crippen LogP contribution in [0, 0.1) is 13.8 Å². The van der Waals surface area contributed by atoms with Gasteiger partial charge in [-0.25, -0.2) is 0 Å². The van der Waals surface area contributed by atoms with Gasteiger partial charge in [-0.15, -0.1) is 0 Å². The molecule has 1 unspecified atom stereocenters. The third kappa shape index (κ3) is 3.84. The van der Waals surface area contributed by atoms with E-state index in [2.05, 4.69) is 28.7 Å². The van der Waals surface area contributed by atoms with Crippen molar-refractivity contribution in [2.24, 2.45) is 0 Å². The topological polar surface area (TPSA) is 29.5 Å². The Labute approximate surface area is 98.4 Å². The highest BCUT2D eigenvalue weighted by Crippen LogP contribution is 2.16. The van der Waals surface area contributed by atoms with Crippen molar-refractivity contribution in [1.82, 2.24) is 0 Å². The highest BCUT2D eigenvalue weighted by atomic mass is 127. The fraction of sp³-hybridized carbons (Fsp3) is 0.455. The van der Waals surface area contributed by atoms with Crippen molar-refractivity contribution in [1.29, 1.82) is 0 Å². The van der Waals surface area contributed by atoms with Gasteiger partial charge < -0.3 is 9.84 Å². The molecule has 0 amide bonds. The van der Waals surface area contributed by atoms with Crippen molar-refractivity contribution < 1.29 is 9.84 Å². The van der Waals surface area contributed by atoms with Gasteiger partial charge in [0, 0.05) is 4.43 Å². The maximum Gasteiger partial charge on any atom is 0.119 e. The molecule has 1 N–H and O–H groups in total. The second kappa shape index (κ2) is 5.56. The number of aliphatic hydroxyl groups excluding tert-OH is 1. The molecule has 0 aliphatic rings. The smallest absolute Gasteiger partial charge is 0.119 e. The van der Waals surface area contributed by atoms with E-state index in [-0.39, 0.29) is 6.10 Å². The summed E-state index contributed by atoms with van der Waals surface area (Å²) in [6, 6.07) is 6.06. The molecular weight excluding hydrogens is 291 g/mol. The number of rotatable bonds is 4. The quantitative estimate of drug-likeness (QED) is 0.684. The lowest BCUT2D eigenvalue weighted by Gasteiger charge is -2.10. The van der Waals surface area contributed by atoms with E-state index >= 15 is 0 Å². The van der Waals surface area contributed by atoms with Crippen molar-refractivity contribution in [3.8, 4) is 5.75 Å². The van der Waals surface area contributed by atoms with Gasteiger partial charge >= 0.3 is 0 Å². The van der Waals surface area contributed by atoms with Crippen molar-refractivity contribution in [3.05, 3.63) is 29.3 Å². The van der Waals surface area contributed by atoms with E-state index in [0.29, 0.717) is 11.0 Å². The number of alkyl halides is 1. The van der Waals surface area contributed by atoms with E-state index < -0.39 is 0 Å². The molecule has 2 nitrogen and oxygen atoms in total. The van der Waals surface area contributed by atoms with Crippen LogP contribution in [0.4, 0.5) is 0 Å². The SMILES string of the molecule is Cc1cc(C)cc(OCC(O)CI)c1. The lowest BCUT2D eigenvalue weighted by atomic mass is 10.1. The van der Waals surface area contributed by atoms with Crippen LogP contribution in [0.3, 0.4) is 0 Å². The van der Waals surface area contributed by atoms with Gasteiger partial charge in [0.2, 0.25) is 0 Å². The first-order valence-corrected chi connectivity index (χ1v) is 6.09. The zero-order valence-electron chi connectivity index (χ0n) is 8.46. The van der Waals surface area contributed by atoms with Gasteiger partial charge in [0.25, 0.3) is 0 Å². The third-order valence-corrected chi connectivity index (χ3v) is 2.83. The van der Waals surface area contributed by atoms with Crippen LogP contribution in [0.15, 0.2) is 18.2 Å². The van der Waals surface area contributed by atoms with E-state index in [0.717, 1.165) is 5.75 Å². The van der Waals surface area contributed by atoms with Crippen LogP contribution < -0.4 is 4.74 Å². The van der Waals surface area contributed by atoms with Gasteiger partial charge in [0.15, 0.2) is 0 Å². The van der Waals surface area contributed by atoms with Crippen LogP contribution in [0.1, 0.15) is 11.1 Å². The predicted octanol–water partition coefficient (Wildman–Crippen LogP) is 2.48. The van der Waals surface area contributed by atoms with Crippen LogP contribution in [-0.2, 0) is 0 Å². The first-order valence-electron chi connectivity index (χ1n) is 4.57. The summed E-state index contributed by atoms with van der Waals surface area (Å²) < 4.78 is 6.16. The largest absolute Gasteiger partial charge is 0.491 e. The van der Waals surface area contributed by atoms with Crippen LogP contribution in [0.2, 0.25) is 0 Å². The molecule has 78 valence electrons. The Morgan fingerprint density at radius 3 is 2.36 bits per heavy atom. The molecule has 3 heteroatoms. The number of hydrogen-bond acceptors (Lipinski definition) is 2. The maximum atomic E-state index is 9.33. The minimum absolute atomic E-state index is 0.367. The Balaban J connectivity index is 2.58. The highest BCUT2D eigenvalue weighted by Gasteiger charge is 2.03. The first kappa shape index (κ1) is 11.8. The van der Waals surface area contributed by atoms with Gasteiger partial charge in [0.05, 0.1) is 6.10 Å². The number of ether oxygens (including phenoxy) is 1. The Morgan fingerprint density at radius 2 is 1.86 bits per heavy atom. The molecule has 1 aromatic carbocycles. The summed E-state index contributed by atoms with van der Waals surface area (Å²) in [5.74, 6) is 0.839. The van der Waals surface area contributed by atoms with E-state index in [4.69, 9.17) is 4.74 Å². The van der Waals surface area contributed by atoms with E-state index in [9.17, 15) is 5.11 Å². The summed E-state index contributed by atoms with van der Waals surface area (Å²) in [6.45, 7) is 4.44. The predicted molar refractivity (Wildman–Crippen MR) is 66.3 cm³/mol. The molecule has 1 aromatic rings. The normalized spacial score (nSPS) is 12.6. The molecule has 0 bridgehead atoms. The molecule has 0 saturated carbocycles. The summed E-state index contributed by atoms with van der Waals surface area (Å²) in [5.41, 5.74) is 2.37. The van der Waals surface area contributed by atoms with E-state index in [1.807, 2.05) is 26.0 Å². The van der Waals surface area contributed by atoms with Crippen molar-refractivity contribution in [2.45, 2.75) is 20.0 Å². The minimum Gasteiger partial charge on any atom is -0.491 e. The summed E-state index contributed by atoms with van der Waals surface area (Å²) >= 11 is 2.14. The molecule has 14 heavy (non-hydrogen) atoms. The van der Waals surface area contributed by atoms with Gasteiger partial charge in [-0.05, 0) is 37.1 Å². The summed E-state index contributed by atoms with van der Waals surface area (Å²) in [6.07, 6.45) is -0.378. The highest BCUT2D eigenvalue weighted by molar-refractivity contribution is 14.1. The van der Waals surface area contributed by atoms with Gasteiger partial charge in [-0.1, -0.05) is 28.7 Å². The molecule has 0 aliphatic heterocycles. The second-order valence-electron chi connectivity index (χ2n) is 3.44. The lowest BCUT2D eigenvalue weighted by Crippen LogP contribution is -2.18. The number of aryl methyl sites for hydroxylation is 2. The van der Waals surface area contributed by atoms with Gasteiger partial charge in [-0.2, -0.15) is 0 Å². The molecule has 0 spiro atoms. The minimum atomic E-state index is -0.378. The van der Waals surface area contributed by atoms with Crippen molar-refractivity contribution in [3.63, 3.8) is 0 Å². The monoisotopic (exact) mass is 306 g/mol. The fourth-order valence-corrected chi connectivity index (χ4v) is 1.51. The Kier molecular flexibility index (Phi) is 4.68. The van der Waals surface area contributed by atoms with Gasteiger partial charge in [0.1, 0.15) is 12.4 Å². The van der Waals surface area contributed by atoms with Crippen molar-refractivity contribution >= 4 is 22.6 Å². The van der Waals surface area contributed by atoms with E-state index in [1.165, 1.54) is 11.1 Å². The average Bonchev–Trinajstić information content (AvgIpc) is 2.12. The molecule has 0 heterocycles. The molecule has 1 rings (SSSR count). The van der Waals surface area contributed by atoms with Gasteiger partial charge in [-0.3, -0.25) is 0 Å². The number of halogens is 1. The fourth-order valence-electron chi connectivity index (χ4n) is 1.25. The molecule has 1 atom stereocenters. The van der Waals surface area contributed by atoms with Crippen LogP contribution in [-0.4, -0.2) is 22.2 Å². The first-order chi connectivity index (χ1) is 6.61. The molecular formula is C11H15IO2. The molecule has 0 saturated heterocycles. The van der Waals surface area contributed by atoms with E-state index in [1.54, 1.807) is 0 Å². The number of benzene rings is 1. The average molecular weight is 306 g/mol. The zero-order valence-corrected chi connectivity index (χ0v) is 10.6. The maximum absolute atomic E-state index is 9.33. The van der Waals surface area contributed by atoms with Crippen LogP contribution >= 0.6 is 22.6 Å². The second-order valence-corrected chi connectivity index (χ2v) is 4.32. The summed E-state index contributed by atoms with van der Waals surface area (Å²) in [4.78, 5) is 0. The van der Waals surface area contributed by atoms with Crippen LogP contribution in [0.5, 0.6) is 5.75 Å². The Morgan fingerprint density at radius 1 is 1.29 bits per heavy atom. The molecule has 0 fully saturated rings. The Bertz CT molecular complexity index is 279. The zero-order chi connectivity index (χ0) is 10.6. The standard InChI is InChI=1S/C11H15IO2/c1-8-3-9(2)5-11(4-8)14-7-10(13)6-12/h3-5,10,13H,6-7H2,1-2H3. The summed E-state index contributed by atoms with van der Waals surface area (Å²) in [7, 11) is 0. The molecule has 0 aromatic heterocycles. The number of hydrogen-bond donors (Lipinski definition) is 1. The summed E-state index contributed by atoms with van der Waals surface area (Å²) in [5, 5.41) is 9.33. The lowest BCUT2D eigenvalue weighted by molar-refractivity contribution is 0.128. The molecule has 0 radical (unpaired) electrons. The molecule has 0 aliphatic carbocycles. The van der Waals surface area contributed by atoms with Crippen molar-refractivity contribution in [2.75, 3.05) is 11.0 Å². The third-order valence-electron chi connectivity index (χ3n) is 1.82. The van der Waals surface area contributed by atoms with Crippen LogP contribution in [0.25, 0.3) is 0 Å². The number of aliphatic hydroxyl groups is 1. The Hall–Kier alpha value is -0.290.